The van der Waals surface area contributed by atoms with Crippen molar-refractivity contribution in [3.05, 3.63) is 28.2 Å². The first-order valence-electron chi connectivity index (χ1n) is 4.72. The second kappa shape index (κ2) is 6.23. The van der Waals surface area contributed by atoms with Crippen LogP contribution >= 0.6 is 27.5 Å². The van der Waals surface area contributed by atoms with E-state index in [-0.39, 0.29) is 18.3 Å². The number of rotatable bonds is 5. The van der Waals surface area contributed by atoms with Gasteiger partial charge in [0.15, 0.2) is 5.78 Å². The molecule has 0 aliphatic rings. The number of ether oxygens (including phenoxy) is 1. The highest BCUT2D eigenvalue weighted by Crippen LogP contribution is 2.23. The highest BCUT2D eigenvalue weighted by Gasteiger charge is 2.11. The van der Waals surface area contributed by atoms with Crippen LogP contribution in [0.1, 0.15) is 17.3 Å². The van der Waals surface area contributed by atoms with Gasteiger partial charge in [-0.15, -0.1) is 11.6 Å². The Labute approximate surface area is 107 Å². The van der Waals surface area contributed by atoms with Crippen LogP contribution < -0.4 is 4.74 Å². The van der Waals surface area contributed by atoms with Gasteiger partial charge in [0.1, 0.15) is 18.5 Å². The number of carbonyl (C=O) groups excluding carboxylic acids is 1. The zero-order valence-electron chi connectivity index (χ0n) is 8.74. The normalized spacial score (nSPS) is 12.2. The van der Waals surface area contributed by atoms with Gasteiger partial charge in [-0.2, -0.15) is 0 Å². The first-order valence-corrected chi connectivity index (χ1v) is 6.04. The highest BCUT2D eigenvalue weighted by molar-refractivity contribution is 9.10. The number of aliphatic hydroxyl groups excluding tert-OH is 1. The van der Waals surface area contributed by atoms with E-state index in [9.17, 15) is 9.90 Å². The maximum Gasteiger partial charge on any atom is 0.163 e. The average Bonchev–Trinajstić information content (AvgIpc) is 2.26. The SMILES string of the molecule is CC(=O)c1cc(Br)ccc1OCC(O)CCl. The molecule has 5 heteroatoms. The van der Waals surface area contributed by atoms with Crippen molar-refractivity contribution in [3.8, 4) is 5.75 Å². The Morgan fingerprint density at radius 2 is 2.31 bits per heavy atom. The molecule has 0 bridgehead atoms. The number of alkyl halides is 1. The van der Waals surface area contributed by atoms with Gasteiger partial charge in [-0.3, -0.25) is 4.79 Å². The molecule has 0 saturated carbocycles. The summed E-state index contributed by atoms with van der Waals surface area (Å²) < 4.78 is 6.14. The van der Waals surface area contributed by atoms with E-state index < -0.39 is 6.10 Å². The second-order valence-corrected chi connectivity index (χ2v) is 4.54. The number of Topliss-reactive ketones (excluding diaryl/α,β-unsaturated/α-hetero) is 1. The molecular formula is C11H12BrClO3. The first-order chi connectivity index (χ1) is 7.54. The van der Waals surface area contributed by atoms with Crippen molar-refractivity contribution in [3.63, 3.8) is 0 Å². The molecule has 0 amide bonds. The fourth-order valence-electron chi connectivity index (χ4n) is 1.13. The molecule has 1 rings (SSSR count). The van der Waals surface area contributed by atoms with Crippen LogP contribution in [-0.2, 0) is 0 Å². The number of ketones is 1. The van der Waals surface area contributed by atoms with E-state index in [2.05, 4.69) is 15.9 Å². The molecule has 0 heterocycles. The molecule has 1 aromatic rings. The van der Waals surface area contributed by atoms with E-state index in [1.807, 2.05) is 0 Å². The number of halogens is 2. The summed E-state index contributed by atoms with van der Waals surface area (Å²) in [6, 6.07) is 5.14. The van der Waals surface area contributed by atoms with Crippen LogP contribution in [0.5, 0.6) is 5.75 Å². The first kappa shape index (κ1) is 13.5. The lowest BCUT2D eigenvalue weighted by molar-refractivity contribution is 0.0997. The lowest BCUT2D eigenvalue weighted by Crippen LogP contribution is -2.19. The molecular weight excluding hydrogens is 295 g/mol. The molecule has 1 unspecified atom stereocenters. The van der Waals surface area contributed by atoms with Crippen LogP contribution in [0.2, 0.25) is 0 Å². The third-order valence-corrected chi connectivity index (χ3v) is 2.78. The van der Waals surface area contributed by atoms with Crippen LogP contribution in [-0.4, -0.2) is 29.5 Å². The number of aliphatic hydroxyl groups is 1. The molecule has 3 nitrogen and oxygen atoms in total. The monoisotopic (exact) mass is 306 g/mol. The highest BCUT2D eigenvalue weighted by atomic mass is 79.9. The molecule has 16 heavy (non-hydrogen) atoms. The second-order valence-electron chi connectivity index (χ2n) is 3.32. The van der Waals surface area contributed by atoms with E-state index in [1.165, 1.54) is 6.92 Å². The Hall–Kier alpha value is -0.580. The summed E-state index contributed by atoms with van der Waals surface area (Å²) in [4.78, 5) is 11.3. The molecule has 1 aromatic carbocycles. The molecule has 88 valence electrons. The van der Waals surface area contributed by atoms with Crippen molar-refractivity contribution >= 4 is 33.3 Å². The van der Waals surface area contributed by atoms with Gasteiger partial charge < -0.3 is 9.84 Å². The quantitative estimate of drug-likeness (QED) is 0.672. The summed E-state index contributed by atoms with van der Waals surface area (Å²) in [6.45, 7) is 1.54. The Morgan fingerprint density at radius 1 is 1.62 bits per heavy atom. The Morgan fingerprint density at radius 3 is 2.88 bits per heavy atom. The van der Waals surface area contributed by atoms with Crippen molar-refractivity contribution in [1.82, 2.24) is 0 Å². The maximum absolute atomic E-state index is 11.3. The van der Waals surface area contributed by atoms with Crippen LogP contribution in [0.4, 0.5) is 0 Å². The minimum Gasteiger partial charge on any atom is -0.490 e. The van der Waals surface area contributed by atoms with Crippen LogP contribution in [0.15, 0.2) is 22.7 Å². The summed E-state index contributed by atoms with van der Waals surface area (Å²) in [5.74, 6) is 0.475. The van der Waals surface area contributed by atoms with Gasteiger partial charge in [-0.05, 0) is 25.1 Å². The zero-order valence-corrected chi connectivity index (χ0v) is 11.1. The minimum atomic E-state index is -0.731. The number of hydrogen-bond acceptors (Lipinski definition) is 3. The Balaban J connectivity index is 2.82. The number of carbonyl (C=O) groups is 1. The molecule has 0 spiro atoms. The van der Waals surface area contributed by atoms with Gasteiger partial charge in [0.2, 0.25) is 0 Å². The summed E-state index contributed by atoms with van der Waals surface area (Å²) in [5.41, 5.74) is 0.483. The molecule has 0 radical (unpaired) electrons. The summed E-state index contributed by atoms with van der Waals surface area (Å²) >= 11 is 8.72. The van der Waals surface area contributed by atoms with E-state index in [4.69, 9.17) is 16.3 Å². The predicted molar refractivity (Wildman–Crippen MR) is 66.4 cm³/mol. The van der Waals surface area contributed by atoms with E-state index >= 15 is 0 Å². The van der Waals surface area contributed by atoms with Gasteiger partial charge in [0.05, 0.1) is 11.4 Å². The smallest absolute Gasteiger partial charge is 0.163 e. The standard InChI is InChI=1S/C11H12BrClO3/c1-7(14)10-4-8(12)2-3-11(10)16-6-9(15)5-13/h2-4,9,15H,5-6H2,1H3. The van der Waals surface area contributed by atoms with Crippen molar-refractivity contribution in [2.45, 2.75) is 13.0 Å². The van der Waals surface area contributed by atoms with E-state index in [0.717, 1.165) is 4.47 Å². The lowest BCUT2D eigenvalue weighted by atomic mass is 10.1. The van der Waals surface area contributed by atoms with Gasteiger partial charge in [0.25, 0.3) is 0 Å². The van der Waals surface area contributed by atoms with Crippen LogP contribution in [0.25, 0.3) is 0 Å². The number of hydrogen-bond donors (Lipinski definition) is 1. The van der Waals surface area contributed by atoms with Gasteiger partial charge in [-0.1, -0.05) is 15.9 Å². The third-order valence-electron chi connectivity index (χ3n) is 1.93. The fourth-order valence-corrected chi connectivity index (χ4v) is 1.58. The fraction of sp³-hybridized carbons (Fsp3) is 0.364. The lowest BCUT2D eigenvalue weighted by Gasteiger charge is -2.12. The van der Waals surface area contributed by atoms with E-state index in [0.29, 0.717) is 11.3 Å². The van der Waals surface area contributed by atoms with E-state index in [1.54, 1.807) is 18.2 Å². The molecule has 0 aromatic heterocycles. The minimum absolute atomic E-state index is 0.0748. The van der Waals surface area contributed by atoms with Crippen molar-refractivity contribution in [2.24, 2.45) is 0 Å². The van der Waals surface area contributed by atoms with Crippen molar-refractivity contribution in [1.29, 1.82) is 0 Å². The van der Waals surface area contributed by atoms with Crippen LogP contribution in [0.3, 0.4) is 0 Å². The van der Waals surface area contributed by atoms with Crippen molar-refractivity contribution < 1.29 is 14.6 Å². The largest absolute Gasteiger partial charge is 0.490 e. The summed E-state index contributed by atoms with van der Waals surface area (Å²) in [7, 11) is 0. The zero-order chi connectivity index (χ0) is 12.1. The Kier molecular flexibility index (Phi) is 5.25. The molecule has 0 saturated heterocycles. The summed E-state index contributed by atoms with van der Waals surface area (Å²) in [6.07, 6.45) is -0.731. The molecule has 0 fully saturated rings. The van der Waals surface area contributed by atoms with Gasteiger partial charge in [0, 0.05) is 4.47 Å². The number of benzene rings is 1. The average molecular weight is 308 g/mol. The summed E-state index contributed by atoms with van der Waals surface area (Å²) in [5, 5.41) is 9.25. The van der Waals surface area contributed by atoms with Crippen molar-refractivity contribution in [2.75, 3.05) is 12.5 Å². The predicted octanol–water partition coefficient (Wildman–Crippen LogP) is 2.63. The molecule has 1 N–H and O–H groups in total. The topological polar surface area (TPSA) is 46.5 Å². The maximum atomic E-state index is 11.3. The molecule has 0 aliphatic heterocycles. The van der Waals surface area contributed by atoms with Crippen LogP contribution in [0, 0.1) is 0 Å². The Bertz CT molecular complexity index is 381. The third kappa shape index (κ3) is 3.77. The molecule has 1 atom stereocenters. The molecule has 0 aliphatic carbocycles. The van der Waals surface area contributed by atoms with Gasteiger partial charge in [-0.25, -0.2) is 0 Å². The van der Waals surface area contributed by atoms with Gasteiger partial charge >= 0.3 is 0 Å².